The van der Waals surface area contributed by atoms with Gasteiger partial charge in [0, 0.05) is 11.6 Å². The minimum atomic E-state index is -0.430. The maximum atomic E-state index is 12.8. The Kier molecular flexibility index (Phi) is 4.77. The Bertz CT molecular complexity index is 653. The molecule has 0 aliphatic heterocycles. The van der Waals surface area contributed by atoms with Crippen molar-refractivity contribution in [1.29, 1.82) is 0 Å². The van der Waals surface area contributed by atoms with Crippen LogP contribution in [0.4, 0.5) is 4.39 Å². The van der Waals surface area contributed by atoms with E-state index in [2.05, 4.69) is 0 Å². The van der Waals surface area contributed by atoms with Gasteiger partial charge in [0.15, 0.2) is 12.4 Å². The number of hydrogen-bond acceptors (Lipinski definition) is 3. The van der Waals surface area contributed by atoms with Crippen molar-refractivity contribution in [3.63, 3.8) is 0 Å². The van der Waals surface area contributed by atoms with Gasteiger partial charge in [0.05, 0.1) is 6.61 Å². The Balaban J connectivity index is 2.12. The Morgan fingerprint density at radius 2 is 1.86 bits per heavy atom. The van der Waals surface area contributed by atoms with Gasteiger partial charge in [0.1, 0.15) is 11.4 Å². The summed E-state index contributed by atoms with van der Waals surface area (Å²) >= 11 is 0. The molecule has 0 aliphatic rings. The molecule has 108 valence electrons. The number of pyridine rings is 1. The molecule has 0 aliphatic carbocycles. The third-order valence-corrected chi connectivity index (χ3v) is 2.86. The van der Waals surface area contributed by atoms with Gasteiger partial charge < -0.3 is 4.74 Å². The van der Waals surface area contributed by atoms with Crippen LogP contribution < -0.4 is 4.57 Å². The second-order valence-electron chi connectivity index (χ2n) is 4.42. The van der Waals surface area contributed by atoms with Crippen molar-refractivity contribution in [2.24, 2.45) is 0 Å². The third kappa shape index (κ3) is 3.95. The third-order valence-electron chi connectivity index (χ3n) is 2.86. The average Bonchev–Trinajstić information content (AvgIpc) is 2.48. The number of ketones is 1. The number of nitrogens with zero attached hydrogens (tertiary/aromatic N) is 1. The lowest BCUT2D eigenvalue weighted by atomic mass is 10.1. The second kappa shape index (κ2) is 6.74. The number of carbonyl (C=O) groups is 2. The lowest BCUT2D eigenvalue weighted by Gasteiger charge is -2.01. The smallest absolute Gasteiger partial charge is 0.344 e. The van der Waals surface area contributed by atoms with Crippen LogP contribution in [0.25, 0.3) is 0 Å². The lowest BCUT2D eigenvalue weighted by molar-refractivity contribution is -0.683. The molecule has 0 radical (unpaired) electrons. The molecule has 21 heavy (non-hydrogen) atoms. The van der Waals surface area contributed by atoms with E-state index in [1.54, 1.807) is 36.0 Å². The minimum Gasteiger partial charge on any atom is -0.462 e. The fourth-order valence-corrected chi connectivity index (χ4v) is 1.85. The van der Waals surface area contributed by atoms with Crippen molar-refractivity contribution < 1.29 is 23.3 Å². The van der Waals surface area contributed by atoms with Crippen LogP contribution in [0.2, 0.25) is 0 Å². The van der Waals surface area contributed by atoms with Gasteiger partial charge in [-0.15, -0.1) is 0 Å². The quantitative estimate of drug-likeness (QED) is 0.481. The van der Waals surface area contributed by atoms with Crippen molar-refractivity contribution in [3.05, 3.63) is 65.7 Å². The highest BCUT2D eigenvalue weighted by atomic mass is 19.1. The van der Waals surface area contributed by atoms with Crippen LogP contribution in [0.1, 0.15) is 27.6 Å². The molecular weight excluding hydrogens is 273 g/mol. The Morgan fingerprint density at radius 3 is 2.52 bits per heavy atom. The normalized spacial score (nSPS) is 10.2. The van der Waals surface area contributed by atoms with Gasteiger partial charge in [-0.25, -0.2) is 9.18 Å². The highest BCUT2D eigenvalue weighted by Crippen LogP contribution is 2.04. The molecule has 0 fully saturated rings. The summed E-state index contributed by atoms with van der Waals surface area (Å²) in [6.07, 6.45) is 3.24. The zero-order chi connectivity index (χ0) is 15.2. The molecule has 0 spiro atoms. The minimum absolute atomic E-state index is 0.0683. The summed E-state index contributed by atoms with van der Waals surface area (Å²) in [6.45, 7) is 2.09. The van der Waals surface area contributed by atoms with E-state index in [0.717, 1.165) is 0 Å². The number of halogens is 1. The number of aromatic nitrogens is 1. The van der Waals surface area contributed by atoms with Crippen LogP contribution >= 0.6 is 0 Å². The molecule has 5 heteroatoms. The zero-order valence-electron chi connectivity index (χ0n) is 11.6. The standard InChI is InChI=1S/C16H15FNO3/c1-2-21-16(20)13-4-3-9-18(10-13)11-15(19)12-5-7-14(17)8-6-12/h3-10H,2,11H2,1H3/q+1. The van der Waals surface area contributed by atoms with E-state index >= 15 is 0 Å². The van der Waals surface area contributed by atoms with Crippen LogP contribution in [-0.4, -0.2) is 18.4 Å². The molecule has 0 bridgehead atoms. The first-order chi connectivity index (χ1) is 10.1. The summed E-state index contributed by atoms with van der Waals surface area (Å²) in [4.78, 5) is 23.7. The summed E-state index contributed by atoms with van der Waals surface area (Å²) in [7, 11) is 0. The van der Waals surface area contributed by atoms with Gasteiger partial charge in [-0.1, -0.05) is 0 Å². The number of benzene rings is 1. The van der Waals surface area contributed by atoms with Gasteiger partial charge in [0.2, 0.25) is 12.3 Å². The molecule has 1 aromatic heterocycles. The molecule has 2 aromatic rings. The summed E-state index contributed by atoms with van der Waals surface area (Å²) in [5.74, 6) is -0.981. The van der Waals surface area contributed by atoms with Gasteiger partial charge in [-0.2, -0.15) is 4.57 Å². The summed E-state index contributed by atoms with van der Waals surface area (Å²) in [6, 6.07) is 8.65. The molecule has 0 amide bonds. The summed E-state index contributed by atoms with van der Waals surface area (Å²) < 4.78 is 19.3. The number of carbonyl (C=O) groups excluding carboxylic acids is 2. The second-order valence-corrected chi connectivity index (χ2v) is 4.42. The van der Waals surface area contributed by atoms with Gasteiger partial charge in [-0.3, -0.25) is 4.79 Å². The molecule has 0 saturated carbocycles. The predicted octanol–water partition coefficient (Wildman–Crippen LogP) is 2.17. The topological polar surface area (TPSA) is 47.2 Å². The maximum Gasteiger partial charge on any atom is 0.344 e. The van der Waals surface area contributed by atoms with Crippen molar-refractivity contribution >= 4 is 11.8 Å². The molecule has 1 aromatic carbocycles. The van der Waals surface area contributed by atoms with Crippen molar-refractivity contribution in [1.82, 2.24) is 0 Å². The Morgan fingerprint density at radius 1 is 1.14 bits per heavy atom. The molecule has 1 heterocycles. The van der Waals surface area contributed by atoms with Crippen molar-refractivity contribution in [2.45, 2.75) is 13.5 Å². The highest BCUT2D eigenvalue weighted by molar-refractivity contribution is 5.95. The molecule has 0 N–H and O–H groups in total. The number of hydrogen-bond donors (Lipinski definition) is 0. The fourth-order valence-electron chi connectivity index (χ4n) is 1.85. The van der Waals surface area contributed by atoms with Gasteiger partial charge >= 0.3 is 5.97 Å². The molecular formula is C16H15FNO3+. The molecule has 0 saturated heterocycles. The van der Waals surface area contributed by atoms with E-state index < -0.39 is 5.97 Å². The van der Waals surface area contributed by atoms with E-state index in [9.17, 15) is 14.0 Å². The zero-order valence-corrected chi connectivity index (χ0v) is 11.6. The monoisotopic (exact) mass is 288 g/mol. The van der Waals surface area contributed by atoms with Crippen LogP contribution in [0.15, 0.2) is 48.8 Å². The van der Waals surface area contributed by atoms with Crippen molar-refractivity contribution in [2.75, 3.05) is 6.61 Å². The van der Waals surface area contributed by atoms with E-state index in [0.29, 0.717) is 17.7 Å². The number of Topliss-reactive ketones (excluding diaryl/α,β-unsaturated/α-hetero) is 1. The van der Waals surface area contributed by atoms with E-state index in [1.165, 1.54) is 24.3 Å². The molecule has 2 rings (SSSR count). The van der Waals surface area contributed by atoms with Crippen LogP contribution in [0.5, 0.6) is 0 Å². The first-order valence-corrected chi connectivity index (χ1v) is 6.55. The van der Waals surface area contributed by atoms with E-state index in [4.69, 9.17) is 4.74 Å². The predicted molar refractivity (Wildman–Crippen MR) is 73.3 cm³/mol. The average molecular weight is 288 g/mol. The van der Waals surface area contributed by atoms with Crippen molar-refractivity contribution in [3.8, 4) is 0 Å². The first kappa shape index (κ1) is 14.8. The molecule has 0 unspecified atom stereocenters. The first-order valence-electron chi connectivity index (χ1n) is 6.55. The highest BCUT2D eigenvalue weighted by Gasteiger charge is 2.15. The summed E-state index contributed by atoms with van der Waals surface area (Å²) in [5.41, 5.74) is 0.802. The van der Waals surface area contributed by atoms with Crippen LogP contribution in [-0.2, 0) is 11.3 Å². The fraction of sp³-hybridized carbons (Fsp3) is 0.188. The molecule has 4 nitrogen and oxygen atoms in total. The lowest BCUT2D eigenvalue weighted by Crippen LogP contribution is -2.38. The number of esters is 1. The van der Waals surface area contributed by atoms with Gasteiger partial charge in [0.25, 0.3) is 0 Å². The van der Waals surface area contributed by atoms with E-state index in [-0.39, 0.29) is 18.1 Å². The summed E-state index contributed by atoms with van der Waals surface area (Å²) in [5, 5.41) is 0. The number of rotatable bonds is 5. The number of ether oxygens (including phenoxy) is 1. The maximum absolute atomic E-state index is 12.8. The van der Waals surface area contributed by atoms with Crippen LogP contribution in [0, 0.1) is 5.82 Å². The SMILES string of the molecule is CCOC(=O)c1ccc[n+](CC(=O)c2ccc(F)cc2)c1. The molecule has 0 atom stereocenters. The Hall–Kier alpha value is -2.56. The van der Waals surface area contributed by atoms with Crippen LogP contribution in [0.3, 0.4) is 0 Å². The van der Waals surface area contributed by atoms with E-state index in [1.807, 2.05) is 0 Å². The van der Waals surface area contributed by atoms with Gasteiger partial charge in [-0.05, 0) is 37.3 Å². The Labute approximate surface area is 121 Å². The largest absolute Gasteiger partial charge is 0.462 e.